The highest BCUT2D eigenvalue weighted by atomic mass is 35.5. The Morgan fingerprint density at radius 3 is 2.26 bits per heavy atom. The van der Waals surface area contributed by atoms with Crippen molar-refractivity contribution in [2.75, 3.05) is 10.2 Å². The predicted octanol–water partition coefficient (Wildman–Crippen LogP) is 6.32. The molecular formula is C25H20Cl2N2O2. The summed E-state index contributed by atoms with van der Waals surface area (Å²) in [6.45, 7) is 5.66. The first-order valence-electron chi connectivity index (χ1n) is 9.76. The predicted molar refractivity (Wildman–Crippen MR) is 127 cm³/mol. The Morgan fingerprint density at radius 1 is 0.839 bits per heavy atom. The van der Waals surface area contributed by atoms with E-state index in [-0.39, 0.29) is 5.70 Å². The molecule has 3 aromatic carbocycles. The SMILES string of the molecule is Cc1ccc(C2=C(Nc3cc(Cl)ccc3C)C(=O)N(c3cccc(Cl)c3C)C2=O)cc1. The number of halogens is 2. The van der Waals surface area contributed by atoms with Crippen molar-refractivity contribution in [1.82, 2.24) is 0 Å². The highest BCUT2D eigenvalue weighted by Gasteiger charge is 2.41. The number of rotatable bonds is 4. The zero-order valence-electron chi connectivity index (χ0n) is 17.3. The number of hydrogen-bond acceptors (Lipinski definition) is 3. The van der Waals surface area contributed by atoms with Crippen LogP contribution in [0.5, 0.6) is 0 Å². The average Bonchev–Trinajstić information content (AvgIpc) is 2.97. The van der Waals surface area contributed by atoms with Crippen LogP contribution in [0.4, 0.5) is 11.4 Å². The van der Waals surface area contributed by atoms with Gasteiger partial charge in [-0.05, 0) is 61.7 Å². The zero-order chi connectivity index (χ0) is 22.3. The molecule has 156 valence electrons. The summed E-state index contributed by atoms with van der Waals surface area (Å²) in [4.78, 5) is 28.3. The van der Waals surface area contributed by atoms with Crippen molar-refractivity contribution in [3.8, 4) is 0 Å². The molecule has 1 N–H and O–H groups in total. The molecule has 4 nitrogen and oxygen atoms in total. The molecular weight excluding hydrogens is 431 g/mol. The summed E-state index contributed by atoms with van der Waals surface area (Å²) in [6, 6.07) is 18.1. The molecule has 0 atom stereocenters. The van der Waals surface area contributed by atoms with Gasteiger partial charge in [0.1, 0.15) is 5.70 Å². The van der Waals surface area contributed by atoms with Crippen LogP contribution in [0.1, 0.15) is 22.3 Å². The second kappa shape index (κ2) is 8.22. The van der Waals surface area contributed by atoms with Crippen LogP contribution in [-0.4, -0.2) is 11.8 Å². The first-order chi connectivity index (χ1) is 14.8. The van der Waals surface area contributed by atoms with Gasteiger partial charge >= 0.3 is 0 Å². The van der Waals surface area contributed by atoms with E-state index in [0.29, 0.717) is 38.1 Å². The van der Waals surface area contributed by atoms with E-state index in [4.69, 9.17) is 23.2 Å². The summed E-state index contributed by atoms with van der Waals surface area (Å²) in [5.74, 6) is -0.841. The van der Waals surface area contributed by atoms with Gasteiger partial charge in [0.2, 0.25) is 0 Å². The normalized spacial score (nSPS) is 13.9. The monoisotopic (exact) mass is 450 g/mol. The summed E-state index contributed by atoms with van der Waals surface area (Å²) in [6.07, 6.45) is 0. The second-order valence-electron chi connectivity index (χ2n) is 7.53. The maximum Gasteiger partial charge on any atom is 0.282 e. The third-order valence-electron chi connectivity index (χ3n) is 5.36. The van der Waals surface area contributed by atoms with Crippen molar-refractivity contribution in [3.05, 3.63) is 98.7 Å². The van der Waals surface area contributed by atoms with Gasteiger partial charge in [-0.3, -0.25) is 9.59 Å². The van der Waals surface area contributed by atoms with Gasteiger partial charge in [0.05, 0.1) is 11.3 Å². The molecule has 2 amide bonds. The molecule has 6 heteroatoms. The molecule has 0 unspecified atom stereocenters. The molecule has 1 heterocycles. The van der Waals surface area contributed by atoms with Crippen molar-refractivity contribution < 1.29 is 9.59 Å². The topological polar surface area (TPSA) is 49.4 Å². The Kier molecular flexibility index (Phi) is 5.61. The van der Waals surface area contributed by atoms with Crippen LogP contribution in [0, 0.1) is 20.8 Å². The van der Waals surface area contributed by atoms with Gasteiger partial charge < -0.3 is 5.32 Å². The molecule has 0 saturated carbocycles. The molecule has 1 aliphatic heterocycles. The summed E-state index contributed by atoms with van der Waals surface area (Å²) < 4.78 is 0. The van der Waals surface area contributed by atoms with E-state index >= 15 is 0 Å². The molecule has 0 radical (unpaired) electrons. The van der Waals surface area contributed by atoms with Crippen LogP contribution in [0.15, 0.2) is 66.4 Å². The third-order valence-corrected chi connectivity index (χ3v) is 6.01. The average molecular weight is 451 g/mol. The van der Waals surface area contributed by atoms with Crippen molar-refractivity contribution >= 4 is 52.0 Å². The summed E-state index contributed by atoms with van der Waals surface area (Å²) >= 11 is 12.4. The number of imide groups is 1. The number of nitrogens with one attached hydrogen (secondary N) is 1. The van der Waals surface area contributed by atoms with Gasteiger partial charge in [-0.25, -0.2) is 4.90 Å². The number of carbonyl (C=O) groups excluding carboxylic acids is 2. The van der Waals surface area contributed by atoms with Gasteiger partial charge in [-0.15, -0.1) is 0 Å². The molecule has 0 saturated heterocycles. The minimum atomic E-state index is -0.440. The minimum absolute atomic E-state index is 0.207. The highest BCUT2D eigenvalue weighted by Crippen LogP contribution is 2.37. The molecule has 0 aliphatic carbocycles. The Balaban J connectivity index is 1.88. The van der Waals surface area contributed by atoms with Gasteiger partial charge in [0.15, 0.2) is 0 Å². The van der Waals surface area contributed by atoms with E-state index in [1.54, 1.807) is 37.3 Å². The number of carbonyl (C=O) groups is 2. The number of benzene rings is 3. The van der Waals surface area contributed by atoms with E-state index in [9.17, 15) is 9.59 Å². The Hall–Kier alpha value is -3.08. The Morgan fingerprint density at radius 2 is 1.55 bits per heavy atom. The number of anilines is 2. The lowest BCUT2D eigenvalue weighted by atomic mass is 10.0. The van der Waals surface area contributed by atoms with Crippen LogP contribution in [0.2, 0.25) is 10.0 Å². The first-order valence-corrected chi connectivity index (χ1v) is 10.5. The van der Waals surface area contributed by atoms with Crippen molar-refractivity contribution in [2.45, 2.75) is 20.8 Å². The Bertz CT molecular complexity index is 1250. The lowest BCUT2D eigenvalue weighted by molar-refractivity contribution is -0.120. The van der Waals surface area contributed by atoms with Crippen molar-refractivity contribution in [2.24, 2.45) is 0 Å². The summed E-state index contributed by atoms with van der Waals surface area (Å²) in [5.41, 5.74) is 4.93. The molecule has 0 aromatic heterocycles. The highest BCUT2D eigenvalue weighted by molar-refractivity contribution is 6.46. The summed E-state index contributed by atoms with van der Waals surface area (Å²) in [7, 11) is 0. The number of nitrogens with zero attached hydrogens (tertiary/aromatic N) is 1. The van der Waals surface area contributed by atoms with E-state index in [2.05, 4.69) is 5.32 Å². The molecule has 1 aliphatic rings. The van der Waals surface area contributed by atoms with Crippen LogP contribution in [-0.2, 0) is 9.59 Å². The van der Waals surface area contributed by atoms with E-state index in [1.165, 1.54) is 4.90 Å². The zero-order valence-corrected chi connectivity index (χ0v) is 18.8. The van der Waals surface area contributed by atoms with E-state index in [1.807, 2.05) is 44.2 Å². The molecule has 0 fully saturated rings. The standard InChI is InChI=1S/C25H20Cl2N2O2/c1-14-7-10-17(11-8-14)22-23(28-20-13-18(26)12-9-15(20)2)25(31)29(24(22)30)21-6-4-5-19(27)16(21)3/h4-13,28H,1-3H3. The van der Waals surface area contributed by atoms with Crippen molar-refractivity contribution in [1.29, 1.82) is 0 Å². The molecule has 0 spiro atoms. The van der Waals surface area contributed by atoms with Crippen molar-refractivity contribution in [3.63, 3.8) is 0 Å². The fraction of sp³-hybridized carbons (Fsp3) is 0.120. The summed E-state index contributed by atoms with van der Waals surface area (Å²) in [5, 5.41) is 4.20. The van der Waals surface area contributed by atoms with E-state index < -0.39 is 11.8 Å². The smallest absolute Gasteiger partial charge is 0.282 e. The fourth-order valence-electron chi connectivity index (χ4n) is 3.55. The van der Waals surface area contributed by atoms with Gasteiger partial charge in [0.25, 0.3) is 11.8 Å². The lowest BCUT2D eigenvalue weighted by Crippen LogP contribution is -2.33. The maximum atomic E-state index is 13.6. The fourth-order valence-corrected chi connectivity index (χ4v) is 3.90. The van der Waals surface area contributed by atoms with Gasteiger partial charge in [0, 0.05) is 15.7 Å². The Labute approximate surface area is 191 Å². The van der Waals surface area contributed by atoms with E-state index in [0.717, 1.165) is 11.1 Å². The third kappa shape index (κ3) is 3.85. The molecule has 0 bridgehead atoms. The van der Waals surface area contributed by atoms with Crippen LogP contribution in [0.25, 0.3) is 5.57 Å². The van der Waals surface area contributed by atoms with Gasteiger partial charge in [-0.2, -0.15) is 0 Å². The first kappa shape index (κ1) is 21.2. The molecule has 31 heavy (non-hydrogen) atoms. The minimum Gasteiger partial charge on any atom is -0.350 e. The van der Waals surface area contributed by atoms with Crippen LogP contribution < -0.4 is 10.2 Å². The second-order valence-corrected chi connectivity index (χ2v) is 8.37. The molecule has 4 rings (SSSR count). The number of amides is 2. The largest absolute Gasteiger partial charge is 0.350 e. The molecule has 3 aromatic rings. The maximum absolute atomic E-state index is 13.6. The van der Waals surface area contributed by atoms with Crippen LogP contribution in [0.3, 0.4) is 0 Å². The number of aryl methyl sites for hydroxylation is 2. The van der Waals surface area contributed by atoms with Crippen LogP contribution >= 0.6 is 23.2 Å². The lowest BCUT2D eigenvalue weighted by Gasteiger charge is -2.18. The van der Waals surface area contributed by atoms with Gasteiger partial charge in [-0.1, -0.05) is 65.2 Å². The number of hydrogen-bond donors (Lipinski definition) is 1. The quantitative estimate of drug-likeness (QED) is 0.473.